The van der Waals surface area contributed by atoms with Crippen molar-refractivity contribution in [3.63, 3.8) is 0 Å². The Balaban J connectivity index is 0.000000461. The number of hydrogen-bond acceptors (Lipinski definition) is 2. The first-order chi connectivity index (χ1) is 5.33. The minimum absolute atomic E-state index is 1.00. The Kier molecular flexibility index (Phi) is 5.61. The lowest BCUT2D eigenvalue weighted by Gasteiger charge is -1.90. The highest BCUT2D eigenvalue weighted by Crippen LogP contribution is 1.99. The molecule has 0 atom stereocenters. The van der Waals surface area contributed by atoms with Crippen molar-refractivity contribution in [3.8, 4) is 0 Å². The second-order valence-electron chi connectivity index (χ2n) is 2.03. The van der Waals surface area contributed by atoms with Gasteiger partial charge in [-0.2, -0.15) is 0 Å². The Labute approximate surface area is 72.7 Å². The van der Waals surface area contributed by atoms with E-state index >= 15 is 0 Å². The minimum atomic E-state index is 1.00. The highest BCUT2D eigenvalue weighted by Gasteiger charge is 1.83. The molecule has 1 N–H and O–H groups in total. The van der Waals surface area contributed by atoms with Crippen LogP contribution >= 0.6 is 12.2 Å². The van der Waals surface area contributed by atoms with Gasteiger partial charge in [-0.05, 0) is 12.5 Å². The third-order valence-corrected chi connectivity index (χ3v) is 1.49. The largest absolute Gasteiger partial charge is 0.400 e. The Morgan fingerprint density at radius 1 is 1.18 bits per heavy atom. The van der Waals surface area contributed by atoms with Crippen molar-refractivity contribution >= 4 is 17.6 Å². The van der Waals surface area contributed by atoms with Crippen molar-refractivity contribution < 1.29 is 5.11 Å². The van der Waals surface area contributed by atoms with E-state index in [0.29, 0.717) is 0 Å². The zero-order valence-corrected chi connectivity index (χ0v) is 7.56. The van der Waals surface area contributed by atoms with Gasteiger partial charge in [0.05, 0.1) is 0 Å². The van der Waals surface area contributed by atoms with E-state index in [-0.39, 0.29) is 0 Å². The molecular weight excluding hydrogens is 156 g/mol. The molecule has 0 aromatic heterocycles. The predicted molar refractivity (Wildman–Crippen MR) is 52.1 cm³/mol. The van der Waals surface area contributed by atoms with Crippen LogP contribution in [0.15, 0.2) is 24.3 Å². The average molecular weight is 168 g/mol. The third-order valence-electron chi connectivity index (χ3n) is 1.21. The molecule has 0 radical (unpaired) electrons. The number of benzene rings is 1. The summed E-state index contributed by atoms with van der Waals surface area (Å²) < 4.78 is 0. The fourth-order valence-electron chi connectivity index (χ4n) is 0.645. The van der Waals surface area contributed by atoms with Crippen molar-refractivity contribution in [1.82, 2.24) is 0 Å². The summed E-state index contributed by atoms with van der Waals surface area (Å²) in [7, 11) is 1.00. The van der Waals surface area contributed by atoms with Crippen molar-refractivity contribution in [2.45, 2.75) is 6.92 Å². The maximum atomic E-state index is 7.00. The van der Waals surface area contributed by atoms with Crippen LogP contribution in [0, 0.1) is 6.92 Å². The van der Waals surface area contributed by atoms with E-state index < -0.39 is 0 Å². The molecule has 1 nitrogen and oxygen atoms in total. The number of rotatable bonds is 1. The second-order valence-corrected chi connectivity index (χ2v) is 2.26. The molecule has 0 heterocycles. The zero-order chi connectivity index (χ0) is 8.69. The highest BCUT2D eigenvalue weighted by molar-refractivity contribution is 7.79. The Hall–Kier alpha value is -0.730. The van der Waals surface area contributed by atoms with E-state index in [2.05, 4.69) is 19.1 Å². The van der Waals surface area contributed by atoms with Crippen molar-refractivity contribution in [2.24, 2.45) is 0 Å². The van der Waals surface area contributed by atoms with Crippen LogP contribution in [0.25, 0.3) is 0 Å². The van der Waals surface area contributed by atoms with E-state index in [9.17, 15) is 0 Å². The molecule has 0 amide bonds. The monoisotopic (exact) mass is 168 g/mol. The Morgan fingerprint density at radius 3 is 2.00 bits per heavy atom. The molecule has 0 spiro atoms. The second kappa shape index (κ2) is 6.01. The van der Waals surface area contributed by atoms with E-state index in [4.69, 9.17) is 17.3 Å². The summed E-state index contributed by atoms with van der Waals surface area (Å²) in [4.78, 5) is 0. The molecule has 0 aliphatic heterocycles. The van der Waals surface area contributed by atoms with Gasteiger partial charge in [-0.15, -0.1) is 0 Å². The van der Waals surface area contributed by atoms with Gasteiger partial charge in [0.1, 0.15) is 0 Å². The van der Waals surface area contributed by atoms with Gasteiger partial charge >= 0.3 is 0 Å². The summed E-state index contributed by atoms with van der Waals surface area (Å²) in [5.41, 5.74) is 2.38. The molecule has 11 heavy (non-hydrogen) atoms. The van der Waals surface area contributed by atoms with E-state index in [1.807, 2.05) is 12.1 Å². The quantitative estimate of drug-likeness (QED) is 0.647. The van der Waals surface area contributed by atoms with Crippen molar-refractivity contribution in [3.05, 3.63) is 35.4 Å². The first kappa shape index (κ1) is 10.3. The van der Waals surface area contributed by atoms with Gasteiger partial charge in [-0.1, -0.05) is 42.0 Å². The zero-order valence-electron chi connectivity index (χ0n) is 6.74. The number of hydrogen-bond donors (Lipinski definition) is 1. The summed E-state index contributed by atoms with van der Waals surface area (Å²) in [6.45, 7) is 2.06. The Bertz CT molecular complexity index is 203. The Morgan fingerprint density at radius 2 is 1.64 bits per heavy atom. The van der Waals surface area contributed by atoms with Gasteiger partial charge in [-0.25, -0.2) is 0 Å². The van der Waals surface area contributed by atoms with E-state index in [1.54, 1.807) is 5.37 Å². The predicted octanol–water partition coefficient (Wildman–Crippen LogP) is 1.95. The first-order valence-corrected chi connectivity index (χ1v) is 3.76. The van der Waals surface area contributed by atoms with E-state index in [0.717, 1.165) is 12.7 Å². The van der Waals surface area contributed by atoms with Gasteiger partial charge in [0.2, 0.25) is 0 Å². The molecular formula is C9H12OS. The van der Waals surface area contributed by atoms with Crippen LogP contribution in [0.5, 0.6) is 0 Å². The molecule has 0 aliphatic rings. The van der Waals surface area contributed by atoms with E-state index in [1.165, 1.54) is 5.56 Å². The number of aryl methyl sites for hydroxylation is 1. The van der Waals surface area contributed by atoms with Crippen LogP contribution in [0.3, 0.4) is 0 Å². The highest BCUT2D eigenvalue weighted by atomic mass is 32.1. The number of aliphatic hydroxyl groups excluding tert-OH is 1. The fourth-order valence-corrected chi connectivity index (χ4v) is 0.802. The van der Waals surface area contributed by atoms with Crippen LogP contribution in [-0.4, -0.2) is 17.6 Å². The van der Waals surface area contributed by atoms with Crippen LogP contribution in [-0.2, 0) is 0 Å². The molecule has 2 heteroatoms. The lowest BCUT2D eigenvalue weighted by molar-refractivity contribution is 0.399. The maximum absolute atomic E-state index is 7.00. The lowest BCUT2D eigenvalue weighted by Crippen LogP contribution is -1.76. The minimum Gasteiger partial charge on any atom is -0.400 e. The van der Waals surface area contributed by atoms with Gasteiger partial charge in [0.25, 0.3) is 0 Å². The fraction of sp³-hybridized carbons (Fsp3) is 0.222. The maximum Gasteiger partial charge on any atom is 0.0319 e. The number of aliphatic hydroxyl groups is 1. The van der Waals surface area contributed by atoms with Crippen LogP contribution in [0.1, 0.15) is 11.1 Å². The van der Waals surface area contributed by atoms with Crippen LogP contribution in [0.4, 0.5) is 0 Å². The van der Waals surface area contributed by atoms with Gasteiger partial charge in [-0.3, -0.25) is 0 Å². The smallest absolute Gasteiger partial charge is 0.0319 e. The third kappa shape index (κ3) is 3.86. The summed E-state index contributed by atoms with van der Waals surface area (Å²) >= 11 is 4.74. The molecule has 1 rings (SSSR count). The molecule has 0 unspecified atom stereocenters. The molecule has 0 saturated carbocycles. The molecule has 1 aromatic rings. The average Bonchev–Trinajstić information content (AvgIpc) is 2.10. The summed E-state index contributed by atoms with van der Waals surface area (Å²) in [6.07, 6.45) is 0. The van der Waals surface area contributed by atoms with Gasteiger partial charge < -0.3 is 5.11 Å². The van der Waals surface area contributed by atoms with Crippen LogP contribution in [0.2, 0.25) is 0 Å². The topological polar surface area (TPSA) is 20.2 Å². The van der Waals surface area contributed by atoms with Crippen LogP contribution < -0.4 is 0 Å². The summed E-state index contributed by atoms with van der Waals surface area (Å²) in [6, 6.07) is 8.14. The lowest BCUT2D eigenvalue weighted by atomic mass is 10.2. The van der Waals surface area contributed by atoms with Gasteiger partial charge in [0.15, 0.2) is 0 Å². The van der Waals surface area contributed by atoms with Crippen molar-refractivity contribution in [2.75, 3.05) is 7.11 Å². The molecule has 60 valence electrons. The standard InChI is InChI=1S/C8H8S.CH4O/c1-7-2-4-8(6-9)5-3-7;1-2/h2-6H,1H3;2H,1H3. The van der Waals surface area contributed by atoms with Gasteiger partial charge in [0, 0.05) is 12.5 Å². The SMILES string of the molecule is CO.Cc1ccc(C=S)cc1. The molecule has 1 aromatic carbocycles. The first-order valence-electron chi connectivity index (χ1n) is 3.29. The van der Waals surface area contributed by atoms with Crippen molar-refractivity contribution in [1.29, 1.82) is 0 Å². The molecule has 0 aliphatic carbocycles. The summed E-state index contributed by atoms with van der Waals surface area (Å²) in [5.74, 6) is 0. The normalized spacial score (nSPS) is 7.91. The molecule has 0 fully saturated rings. The summed E-state index contributed by atoms with van der Waals surface area (Å²) in [5, 5.41) is 8.68. The molecule has 0 saturated heterocycles. The number of thiocarbonyl (C=S) groups is 1. The molecule has 0 bridgehead atoms.